The van der Waals surface area contributed by atoms with Crippen LogP contribution in [0.15, 0.2) is 11.3 Å². The van der Waals surface area contributed by atoms with E-state index >= 15 is 0 Å². The number of aliphatic hydroxyl groups is 2. The molecule has 0 bridgehead atoms. The van der Waals surface area contributed by atoms with Gasteiger partial charge >= 0.3 is 5.97 Å². The smallest absolute Gasteiger partial charge is 0.303 e. The fraction of sp³-hybridized carbons (Fsp3) is 0.857. The summed E-state index contributed by atoms with van der Waals surface area (Å²) in [5.74, 6) is 0.542. The molecule has 0 aliphatic heterocycles. The molecule has 5 atom stereocenters. The van der Waals surface area contributed by atoms with E-state index in [0.29, 0.717) is 37.0 Å². The van der Waals surface area contributed by atoms with Crippen LogP contribution in [0.4, 0.5) is 0 Å². The minimum absolute atomic E-state index is 0.0406. The number of fused-ring (bicyclic) bond motifs is 1. The Labute approximate surface area is 157 Å². The molecule has 150 valence electrons. The van der Waals surface area contributed by atoms with Crippen molar-refractivity contribution < 1.29 is 24.9 Å². The number of carboxylic acid groups (broad SMARTS) is 1. The van der Waals surface area contributed by atoms with Crippen LogP contribution in [0.25, 0.3) is 0 Å². The number of ether oxygens (including phenoxy) is 1. The first-order valence-corrected chi connectivity index (χ1v) is 10.3. The molecule has 0 saturated heterocycles. The van der Waals surface area contributed by atoms with Gasteiger partial charge in [0, 0.05) is 25.4 Å². The van der Waals surface area contributed by atoms with Crippen LogP contribution in [-0.4, -0.2) is 40.1 Å². The van der Waals surface area contributed by atoms with Gasteiger partial charge in [0.05, 0.1) is 18.0 Å². The molecule has 0 radical (unpaired) electrons. The number of rotatable bonds is 11. The van der Waals surface area contributed by atoms with E-state index in [0.717, 1.165) is 37.7 Å². The minimum Gasteiger partial charge on any atom is -0.512 e. The van der Waals surface area contributed by atoms with Gasteiger partial charge < -0.3 is 20.1 Å². The van der Waals surface area contributed by atoms with Crippen LogP contribution in [0.5, 0.6) is 0 Å². The van der Waals surface area contributed by atoms with Crippen LogP contribution >= 0.6 is 0 Å². The summed E-state index contributed by atoms with van der Waals surface area (Å²) in [5, 5.41) is 29.7. The van der Waals surface area contributed by atoms with Gasteiger partial charge in [0.1, 0.15) is 0 Å². The number of hydrogen-bond donors (Lipinski definition) is 3. The van der Waals surface area contributed by atoms with E-state index in [-0.39, 0.29) is 24.5 Å². The average Bonchev–Trinajstić information content (AvgIpc) is 3.10. The highest BCUT2D eigenvalue weighted by molar-refractivity contribution is 5.66. The lowest BCUT2D eigenvalue weighted by Gasteiger charge is -2.24. The van der Waals surface area contributed by atoms with Crippen molar-refractivity contribution in [3.8, 4) is 0 Å². The summed E-state index contributed by atoms with van der Waals surface area (Å²) < 4.78 is 5.88. The second-order valence-electron chi connectivity index (χ2n) is 8.15. The molecule has 0 aromatic rings. The van der Waals surface area contributed by atoms with Gasteiger partial charge in [-0.05, 0) is 56.4 Å². The third-order valence-electron chi connectivity index (χ3n) is 6.24. The molecule has 2 rings (SSSR count). The van der Waals surface area contributed by atoms with Gasteiger partial charge in [-0.2, -0.15) is 0 Å². The molecule has 26 heavy (non-hydrogen) atoms. The van der Waals surface area contributed by atoms with Gasteiger partial charge in [0.15, 0.2) is 0 Å². The van der Waals surface area contributed by atoms with Crippen LogP contribution in [-0.2, 0) is 9.53 Å². The SMILES string of the molecule is CCCCCC/C(O)=C(/C)[C@H]1[C@@H]2C[C@H](OCCCC(=O)O)C[C@@H]2C[C@@H]1O. The molecule has 0 amide bonds. The fourth-order valence-electron chi connectivity index (χ4n) is 4.89. The van der Waals surface area contributed by atoms with Crippen molar-refractivity contribution in [1.29, 1.82) is 0 Å². The normalized spacial score (nSPS) is 31.7. The van der Waals surface area contributed by atoms with E-state index < -0.39 is 5.97 Å². The van der Waals surface area contributed by atoms with E-state index in [1.807, 2.05) is 6.92 Å². The number of carbonyl (C=O) groups is 1. The van der Waals surface area contributed by atoms with E-state index in [1.165, 1.54) is 12.8 Å². The second-order valence-corrected chi connectivity index (χ2v) is 8.15. The number of unbranched alkanes of at least 4 members (excludes halogenated alkanes) is 3. The molecule has 2 saturated carbocycles. The molecule has 2 aliphatic carbocycles. The predicted octanol–water partition coefficient (Wildman–Crippen LogP) is 4.45. The number of allylic oxidation sites excluding steroid dienone is 1. The summed E-state index contributed by atoms with van der Waals surface area (Å²) in [5.41, 5.74) is 0.966. The molecule has 3 N–H and O–H groups in total. The van der Waals surface area contributed by atoms with E-state index in [1.54, 1.807) is 0 Å². The van der Waals surface area contributed by atoms with Crippen molar-refractivity contribution in [2.24, 2.45) is 17.8 Å². The number of aliphatic hydroxyl groups excluding tert-OH is 2. The van der Waals surface area contributed by atoms with E-state index in [4.69, 9.17) is 9.84 Å². The van der Waals surface area contributed by atoms with Crippen molar-refractivity contribution in [3.05, 3.63) is 11.3 Å². The Bertz CT molecular complexity index is 487. The maximum Gasteiger partial charge on any atom is 0.303 e. The Morgan fingerprint density at radius 1 is 1.04 bits per heavy atom. The molecule has 0 unspecified atom stereocenters. The zero-order valence-electron chi connectivity index (χ0n) is 16.3. The van der Waals surface area contributed by atoms with Crippen LogP contribution in [0.1, 0.15) is 78.1 Å². The summed E-state index contributed by atoms with van der Waals surface area (Å²) in [7, 11) is 0. The molecule has 5 heteroatoms. The maximum absolute atomic E-state index is 10.6. The summed E-state index contributed by atoms with van der Waals surface area (Å²) in [6.07, 6.45) is 8.35. The summed E-state index contributed by atoms with van der Waals surface area (Å²) >= 11 is 0. The minimum atomic E-state index is -0.782. The Morgan fingerprint density at radius 2 is 1.81 bits per heavy atom. The van der Waals surface area contributed by atoms with Gasteiger partial charge in [0.2, 0.25) is 0 Å². The highest BCUT2D eigenvalue weighted by Crippen LogP contribution is 2.51. The van der Waals surface area contributed by atoms with Crippen LogP contribution in [0.2, 0.25) is 0 Å². The summed E-state index contributed by atoms with van der Waals surface area (Å²) in [4.78, 5) is 10.6. The van der Waals surface area contributed by atoms with E-state index in [2.05, 4.69) is 6.92 Å². The number of aliphatic carboxylic acids is 1. The lowest BCUT2D eigenvalue weighted by atomic mass is 9.84. The third-order valence-corrected chi connectivity index (χ3v) is 6.24. The Morgan fingerprint density at radius 3 is 2.50 bits per heavy atom. The van der Waals surface area contributed by atoms with Crippen LogP contribution < -0.4 is 0 Å². The average molecular weight is 369 g/mol. The predicted molar refractivity (Wildman–Crippen MR) is 101 cm³/mol. The van der Waals surface area contributed by atoms with Crippen molar-refractivity contribution >= 4 is 5.97 Å². The van der Waals surface area contributed by atoms with Crippen molar-refractivity contribution in [2.45, 2.75) is 90.3 Å². The molecule has 2 aliphatic rings. The topological polar surface area (TPSA) is 87.0 Å². The molecular weight excluding hydrogens is 332 g/mol. The summed E-state index contributed by atoms with van der Waals surface area (Å²) in [6, 6.07) is 0. The van der Waals surface area contributed by atoms with Crippen molar-refractivity contribution in [2.75, 3.05) is 6.61 Å². The van der Waals surface area contributed by atoms with Gasteiger partial charge in [-0.1, -0.05) is 26.2 Å². The molecule has 2 fully saturated rings. The zero-order valence-corrected chi connectivity index (χ0v) is 16.3. The second kappa shape index (κ2) is 10.3. The zero-order chi connectivity index (χ0) is 19.1. The van der Waals surface area contributed by atoms with Gasteiger partial charge in [-0.15, -0.1) is 0 Å². The van der Waals surface area contributed by atoms with Crippen LogP contribution in [0.3, 0.4) is 0 Å². The molecule has 0 aromatic carbocycles. The van der Waals surface area contributed by atoms with Crippen molar-refractivity contribution in [1.82, 2.24) is 0 Å². The number of carboxylic acids is 1. The first-order valence-electron chi connectivity index (χ1n) is 10.3. The molecule has 0 heterocycles. The van der Waals surface area contributed by atoms with Gasteiger partial charge in [-0.3, -0.25) is 4.79 Å². The molecule has 0 spiro atoms. The molecule has 5 nitrogen and oxygen atoms in total. The maximum atomic E-state index is 10.6. The lowest BCUT2D eigenvalue weighted by molar-refractivity contribution is -0.137. The Hall–Kier alpha value is -1.07. The largest absolute Gasteiger partial charge is 0.512 e. The molecular formula is C21H36O5. The summed E-state index contributed by atoms with van der Waals surface area (Å²) in [6.45, 7) is 4.64. The van der Waals surface area contributed by atoms with Crippen molar-refractivity contribution in [3.63, 3.8) is 0 Å². The highest BCUT2D eigenvalue weighted by atomic mass is 16.5. The van der Waals surface area contributed by atoms with Crippen LogP contribution in [0, 0.1) is 17.8 Å². The van der Waals surface area contributed by atoms with Gasteiger partial charge in [0.25, 0.3) is 0 Å². The Balaban J connectivity index is 1.86. The highest BCUT2D eigenvalue weighted by Gasteiger charge is 2.49. The lowest BCUT2D eigenvalue weighted by Crippen LogP contribution is -2.23. The van der Waals surface area contributed by atoms with Gasteiger partial charge in [-0.25, -0.2) is 0 Å². The molecule has 0 aromatic heterocycles. The first kappa shape index (κ1) is 21.2. The number of hydrogen-bond acceptors (Lipinski definition) is 4. The fourth-order valence-corrected chi connectivity index (χ4v) is 4.89. The third kappa shape index (κ3) is 5.71. The quantitative estimate of drug-likeness (QED) is 0.370. The van der Waals surface area contributed by atoms with E-state index in [9.17, 15) is 15.0 Å². The standard InChI is InChI=1S/C21H36O5/c1-3-4-5-6-8-18(22)14(2)21-17-13-16(11-15(17)12-19(21)23)26-10-7-9-20(24)25/h15-17,19,21-23H,3-13H2,1-2H3,(H,24,25)/b18-14+/t15-,16-,17-,19+,21+/m1/s1. The monoisotopic (exact) mass is 368 g/mol. The Kier molecular flexibility index (Phi) is 8.42. The first-order chi connectivity index (χ1) is 12.4.